The molecule has 0 unspecified atom stereocenters. The highest BCUT2D eigenvalue weighted by Gasteiger charge is 2.00. The van der Waals surface area contributed by atoms with Gasteiger partial charge in [0.05, 0.1) is 20.2 Å². The zero-order valence-corrected chi connectivity index (χ0v) is 13.7. The molecule has 6 nitrogen and oxygen atoms in total. The van der Waals surface area contributed by atoms with Crippen LogP contribution in [0.4, 0.5) is 4.79 Å². The standard InChI is InChI=1S/C18H22N2O4/c1-22-15-7-9-17(10-8-15)24-14-12-20-18(21)19-11-13-23-16-5-3-2-4-6-16/h2-10H,11-14H2,1H3,(H2,19,20,21). The molecule has 2 amide bonds. The summed E-state index contributed by atoms with van der Waals surface area (Å²) in [6.07, 6.45) is 0. The molecule has 128 valence electrons. The van der Waals surface area contributed by atoms with E-state index in [0.717, 1.165) is 17.2 Å². The first kappa shape index (κ1) is 17.5. The third-order valence-electron chi connectivity index (χ3n) is 3.12. The minimum Gasteiger partial charge on any atom is -0.497 e. The minimum absolute atomic E-state index is 0.245. The molecular formula is C18H22N2O4. The van der Waals surface area contributed by atoms with Crippen LogP contribution in [0.1, 0.15) is 0 Å². The molecule has 0 aliphatic rings. The first-order chi connectivity index (χ1) is 11.8. The van der Waals surface area contributed by atoms with Crippen molar-refractivity contribution in [1.29, 1.82) is 0 Å². The van der Waals surface area contributed by atoms with Gasteiger partial charge in [0.1, 0.15) is 30.5 Å². The van der Waals surface area contributed by atoms with Crippen LogP contribution < -0.4 is 24.8 Å². The third kappa shape index (κ3) is 6.48. The molecule has 0 spiro atoms. The molecule has 0 bridgehead atoms. The summed E-state index contributed by atoms with van der Waals surface area (Å²) in [6, 6.07) is 16.5. The second kappa shape index (κ2) is 9.99. The van der Waals surface area contributed by atoms with Crippen LogP contribution in [-0.2, 0) is 0 Å². The molecule has 6 heteroatoms. The Labute approximate surface area is 141 Å². The molecular weight excluding hydrogens is 308 g/mol. The summed E-state index contributed by atoms with van der Waals surface area (Å²) in [6.45, 7) is 1.65. The lowest BCUT2D eigenvalue weighted by Crippen LogP contribution is -2.39. The number of hydrogen-bond acceptors (Lipinski definition) is 4. The van der Waals surface area contributed by atoms with Crippen molar-refractivity contribution in [3.63, 3.8) is 0 Å². The predicted octanol–water partition coefficient (Wildman–Crippen LogP) is 2.45. The molecule has 24 heavy (non-hydrogen) atoms. The Morgan fingerprint density at radius 1 is 0.792 bits per heavy atom. The predicted molar refractivity (Wildman–Crippen MR) is 91.8 cm³/mol. The maximum absolute atomic E-state index is 11.6. The average molecular weight is 330 g/mol. The molecule has 2 N–H and O–H groups in total. The number of hydrogen-bond donors (Lipinski definition) is 2. The van der Waals surface area contributed by atoms with Crippen LogP contribution in [0.15, 0.2) is 54.6 Å². The first-order valence-corrected chi connectivity index (χ1v) is 7.74. The van der Waals surface area contributed by atoms with E-state index in [1.807, 2.05) is 54.6 Å². The highest BCUT2D eigenvalue weighted by atomic mass is 16.5. The van der Waals surface area contributed by atoms with Gasteiger partial charge in [0.15, 0.2) is 0 Å². The van der Waals surface area contributed by atoms with Gasteiger partial charge in [0.2, 0.25) is 0 Å². The van der Waals surface area contributed by atoms with Crippen LogP contribution >= 0.6 is 0 Å². The van der Waals surface area contributed by atoms with Crippen LogP contribution in [0.5, 0.6) is 17.2 Å². The number of methoxy groups -OCH3 is 1. The van der Waals surface area contributed by atoms with Crippen molar-refractivity contribution in [1.82, 2.24) is 10.6 Å². The minimum atomic E-state index is -0.245. The lowest BCUT2D eigenvalue weighted by molar-refractivity contribution is 0.232. The third-order valence-corrected chi connectivity index (χ3v) is 3.12. The lowest BCUT2D eigenvalue weighted by Gasteiger charge is -2.10. The smallest absolute Gasteiger partial charge is 0.315 e. The van der Waals surface area contributed by atoms with E-state index in [-0.39, 0.29) is 6.03 Å². The zero-order valence-electron chi connectivity index (χ0n) is 13.7. The molecule has 0 radical (unpaired) electrons. The fourth-order valence-corrected chi connectivity index (χ4v) is 1.92. The monoisotopic (exact) mass is 330 g/mol. The average Bonchev–Trinajstić information content (AvgIpc) is 2.64. The van der Waals surface area contributed by atoms with Crippen molar-refractivity contribution in [2.24, 2.45) is 0 Å². The van der Waals surface area contributed by atoms with Gasteiger partial charge in [-0.3, -0.25) is 0 Å². The maximum Gasteiger partial charge on any atom is 0.315 e. The van der Waals surface area contributed by atoms with Crippen LogP contribution in [0.2, 0.25) is 0 Å². The number of carbonyl (C=O) groups excluding carboxylic acids is 1. The van der Waals surface area contributed by atoms with E-state index in [0.29, 0.717) is 26.3 Å². The fourth-order valence-electron chi connectivity index (χ4n) is 1.92. The van der Waals surface area contributed by atoms with Crippen LogP contribution in [-0.4, -0.2) is 39.4 Å². The molecule has 0 saturated heterocycles. The molecule has 0 atom stereocenters. The second-order valence-corrected chi connectivity index (χ2v) is 4.87. The van der Waals surface area contributed by atoms with Gasteiger partial charge in [-0.15, -0.1) is 0 Å². The van der Waals surface area contributed by atoms with Gasteiger partial charge >= 0.3 is 6.03 Å². The van der Waals surface area contributed by atoms with Gasteiger partial charge in [-0.2, -0.15) is 0 Å². The number of para-hydroxylation sites is 1. The second-order valence-electron chi connectivity index (χ2n) is 4.87. The summed E-state index contributed by atoms with van der Waals surface area (Å²) in [4.78, 5) is 11.6. The Balaban J connectivity index is 1.51. The number of benzene rings is 2. The van der Waals surface area contributed by atoms with E-state index in [2.05, 4.69) is 10.6 Å². The van der Waals surface area contributed by atoms with Crippen molar-refractivity contribution in [3.8, 4) is 17.2 Å². The SMILES string of the molecule is COc1ccc(OCCNC(=O)NCCOc2ccccc2)cc1. The van der Waals surface area contributed by atoms with Gasteiger partial charge in [-0.05, 0) is 36.4 Å². The normalized spacial score (nSPS) is 9.88. The van der Waals surface area contributed by atoms with E-state index in [4.69, 9.17) is 14.2 Å². The Morgan fingerprint density at radius 3 is 1.83 bits per heavy atom. The molecule has 0 fully saturated rings. The maximum atomic E-state index is 11.6. The number of nitrogens with one attached hydrogen (secondary N) is 2. The van der Waals surface area contributed by atoms with Crippen molar-refractivity contribution in [2.75, 3.05) is 33.4 Å². The summed E-state index contributed by atoms with van der Waals surface area (Å²) in [5, 5.41) is 5.44. The molecule has 0 aliphatic carbocycles. The van der Waals surface area contributed by atoms with Crippen LogP contribution in [0.3, 0.4) is 0 Å². The van der Waals surface area contributed by atoms with Crippen molar-refractivity contribution < 1.29 is 19.0 Å². The summed E-state index contributed by atoms with van der Waals surface area (Å²) in [7, 11) is 1.61. The van der Waals surface area contributed by atoms with Gasteiger partial charge in [-0.1, -0.05) is 18.2 Å². The number of carbonyl (C=O) groups is 1. The highest BCUT2D eigenvalue weighted by molar-refractivity contribution is 5.73. The molecule has 2 rings (SSSR count). The fraction of sp³-hybridized carbons (Fsp3) is 0.278. The molecule has 0 heterocycles. The largest absolute Gasteiger partial charge is 0.497 e. The van der Waals surface area contributed by atoms with Gasteiger partial charge in [0, 0.05) is 0 Å². The van der Waals surface area contributed by atoms with E-state index in [1.54, 1.807) is 7.11 Å². The summed E-state index contributed by atoms with van der Waals surface area (Å²) in [5.41, 5.74) is 0. The number of urea groups is 1. The summed E-state index contributed by atoms with van der Waals surface area (Å²) in [5.74, 6) is 2.29. The van der Waals surface area contributed by atoms with Gasteiger partial charge < -0.3 is 24.8 Å². The van der Waals surface area contributed by atoms with Crippen molar-refractivity contribution in [3.05, 3.63) is 54.6 Å². The summed E-state index contributed by atoms with van der Waals surface area (Å²) >= 11 is 0. The van der Waals surface area contributed by atoms with Crippen LogP contribution in [0.25, 0.3) is 0 Å². The van der Waals surface area contributed by atoms with Crippen molar-refractivity contribution >= 4 is 6.03 Å². The first-order valence-electron chi connectivity index (χ1n) is 7.74. The van der Waals surface area contributed by atoms with E-state index < -0.39 is 0 Å². The van der Waals surface area contributed by atoms with E-state index in [1.165, 1.54) is 0 Å². The molecule has 0 aliphatic heterocycles. The molecule has 0 aromatic heterocycles. The van der Waals surface area contributed by atoms with Gasteiger partial charge in [0.25, 0.3) is 0 Å². The zero-order chi connectivity index (χ0) is 17.0. The number of ether oxygens (including phenoxy) is 3. The van der Waals surface area contributed by atoms with Gasteiger partial charge in [-0.25, -0.2) is 4.79 Å². The Morgan fingerprint density at radius 2 is 1.29 bits per heavy atom. The summed E-state index contributed by atoms with van der Waals surface area (Å²) < 4.78 is 16.1. The topological polar surface area (TPSA) is 68.8 Å². The number of rotatable bonds is 9. The molecule has 2 aromatic carbocycles. The number of amides is 2. The quantitative estimate of drug-likeness (QED) is 0.693. The lowest BCUT2D eigenvalue weighted by atomic mass is 10.3. The van der Waals surface area contributed by atoms with Crippen LogP contribution in [0, 0.1) is 0 Å². The van der Waals surface area contributed by atoms with E-state index >= 15 is 0 Å². The van der Waals surface area contributed by atoms with E-state index in [9.17, 15) is 4.79 Å². The highest BCUT2D eigenvalue weighted by Crippen LogP contribution is 2.16. The Kier molecular flexibility index (Phi) is 7.27. The molecule has 0 saturated carbocycles. The van der Waals surface area contributed by atoms with Crippen molar-refractivity contribution in [2.45, 2.75) is 0 Å². The Hall–Kier alpha value is -2.89. The molecule has 2 aromatic rings. The Bertz CT molecular complexity index is 602.